The van der Waals surface area contributed by atoms with E-state index in [1.807, 2.05) is 30.3 Å². The Hall–Kier alpha value is -2.62. The number of hydrogen-bond acceptors (Lipinski definition) is 3. The highest BCUT2D eigenvalue weighted by Gasteiger charge is 2.07. The van der Waals surface area contributed by atoms with Crippen LogP contribution in [0.4, 0.5) is 0 Å². The maximum Gasteiger partial charge on any atom is 0.271 e. The van der Waals surface area contributed by atoms with Crippen LogP contribution in [0.5, 0.6) is 5.75 Å². The van der Waals surface area contributed by atoms with Crippen LogP contribution in [0.1, 0.15) is 42.1 Å². The Labute approximate surface area is 130 Å². The first kappa shape index (κ1) is 15.8. The summed E-state index contributed by atoms with van der Waals surface area (Å²) in [7, 11) is 0. The smallest absolute Gasteiger partial charge is 0.271 e. The van der Waals surface area contributed by atoms with Gasteiger partial charge in [-0.2, -0.15) is 5.10 Å². The number of carbonyl (C=O) groups is 1. The molecule has 2 rings (SSSR count). The van der Waals surface area contributed by atoms with Gasteiger partial charge < -0.3 is 5.11 Å². The van der Waals surface area contributed by atoms with E-state index in [1.165, 1.54) is 12.1 Å². The normalized spacial score (nSPS) is 11.2. The molecule has 114 valence electrons. The molecule has 4 heteroatoms. The molecule has 0 spiro atoms. The fourth-order valence-corrected chi connectivity index (χ4v) is 2.04. The zero-order valence-corrected chi connectivity index (χ0v) is 12.6. The van der Waals surface area contributed by atoms with Crippen LogP contribution in [0.2, 0.25) is 0 Å². The summed E-state index contributed by atoms with van der Waals surface area (Å²) in [6, 6.07) is 15.9. The highest BCUT2D eigenvalue weighted by molar-refractivity contribution is 6.02. The van der Waals surface area contributed by atoms with E-state index >= 15 is 0 Å². The lowest BCUT2D eigenvalue weighted by molar-refractivity contribution is 0.0955. The SMILES string of the molecule is CCCC/C(=N\NC(=O)c1ccc(O)cc1)c1ccccc1. The van der Waals surface area contributed by atoms with Gasteiger partial charge >= 0.3 is 0 Å². The number of unbranched alkanes of at least 4 members (excludes halogenated alkanes) is 1. The fraction of sp³-hybridized carbons (Fsp3) is 0.222. The zero-order valence-electron chi connectivity index (χ0n) is 12.6. The van der Waals surface area contributed by atoms with Crippen LogP contribution >= 0.6 is 0 Å². The number of nitrogens with one attached hydrogen (secondary N) is 1. The minimum atomic E-state index is -0.287. The number of benzene rings is 2. The molecule has 0 aromatic heterocycles. The summed E-state index contributed by atoms with van der Waals surface area (Å²) in [5.41, 5.74) is 4.94. The molecule has 0 unspecified atom stereocenters. The van der Waals surface area contributed by atoms with Gasteiger partial charge in [0.15, 0.2) is 0 Å². The molecule has 0 fully saturated rings. The van der Waals surface area contributed by atoms with Crippen molar-refractivity contribution < 1.29 is 9.90 Å². The van der Waals surface area contributed by atoms with E-state index in [2.05, 4.69) is 17.5 Å². The van der Waals surface area contributed by atoms with Gasteiger partial charge in [-0.05, 0) is 42.7 Å². The predicted octanol–water partition coefficient (Wildman–Crippen LogP) is 3.72. The number of hydrogen-bond donors (Lipinski definition) is 2. The lowest BCUT2D eigenvalue weighted by atomic mass is 10.1. The first-order valence-corrected chi connectivity index (χ1v) is 7.42. The molecule has 0 atom stereocenters. The van der Waals surface area contributed by atoms with E-state index in [0.717, 1.165) is 30.5 Å². The van der Waals surface area contributed by atoms with Crippen LogP contribution < -0.4 is 5.43 Å². The van der Waals surface area contributed by atoms with Gasteiger partial charge in [0.2, 0.25) is 0 Å². The van der Waals surface area contributed by atoms with Crippen LogP contribution in [0.25, 0.3) is 0 Å². The molecular formula is C18H20N2O2. The van der Waals surface area contributed by atoms with Gasteiger partial charge in [-0.3, -0.25) is 4.79 Å². The van der Waals surface area contributed by atoms with Crippen molar-refractivity contribution in [3.8, 4) is 5.75 Å². The van der Waals surface area contributed by atoms with E-state index in [0.29, 0.717) is 5.56 Å². The Morgan fingerprint density at radius 1 is 1.05 bits per heavy atom. The Balaban J connectivity index is 2.12. The highest BCUT2D eigenvalue weighted by atomic mass is 16.3. The van der Waals surface area contributed by atoms with Crippen molar-refractivity contribution in [2.45, 2.75) is 26.2 Å². The number of carbonyl (C=O) groups excluding carboxylic acids is 1. The molecule has 2 aromatic carbocycles. The average molecular weight is 296 g/mol. The van der Waals surface area contributed by atoms with Crippen LogP contribution in [-0.2, 0) is 0 Å². The summed E-state index contributed by atoms with van der Waals surface area (Å²) in [6.07, 6.45) is 2.90. The summed E-state index contributed by atoms with van der Waals surface area (Å²) in [6.45, 7) is 2.12. The van der Waals surface area contributed by atoms with E-state index in [1.54, 1.807) is 12.1 Å². The van der Waals surface area contributed by atoms with Crippen molar-refractivity contribution in [1.29, 1.82) is 0 Å². The summed E-state index contributed by atoms with van der Waals surface area (Å²) in [5.74, 6) is -0.155. The van der Waals surface area contributed by atoms with E-state index in [9.17, 15) is 9.90 Å². The van der Waals surface area contributed by atoms with Gasteiger partial charge in [-0.25, -0.2) is 5.43 Å². The van der Waals surface area contributed by atoms with Gasteiger partial charge in [0.1, 0.15) is 5.75 Å². The Morgan fingerprint density at radius 3 is 2.36 bits per heavy atom. The quantitative estimate of drug-likeness (QED) is 0.630. The summed E-state index contributed by atoms with van der Waals surface area (Å²) in [5, 5.41) is 13.5. The third kappa shape index (κ3) is 4.45. The molecule has 0 saturated carbocycles. The Bertz CT molecular complexity index is 634. The third-order valence-corrected chi connectivity index (χ3v) is 3.30. The molecule has 4 nitrogen and oxygen atoms in total. The molecule has 2 aromatic rings. The van der Waals surface area contributed by atoms with Gasteiger partial charge in [0.25, 0.3) is 5.91 Å². The van der Waals surface area contributed by atoms with Crippen molar-refractivity contribution in [2.75, 3.05) is 0 Å². The van der Waals surface area contributed by atoms with Crippen LogP contribution in [0, 0.1) is 0 Å². The molecule has 1 amide bonds. The number of nitrogens with zero attached hydrogens (tertiary/aromatic N) is 1. The number of rotatable bonds is 6. The monoisotopic (exact) mass is 296 g/mol. The number of hydrazone groups is 1. The highest BCUT2D eigenvalue weighted by Crippen LogP contribution is 2.10. The molecule has 0 aliphatic carbocycles. The topological polar surface area (TPSA) is 61.7 Å². The van der Waals surface area contributed by atoms with Crippen molar-refractivity contribution in [2.24, 2.45) is 5.10 Å². The summed E-state index contributed by atoms with van der Waals surface area (Å²) in [4.78, 5) is 12.1. The molecule has 0 aliphatic heterocycles. The second kappa shape index (κ2) is 7.98. The Kier molecular flexibility index (Phi) is 5.72. The van der Waals surface area contributed by atoms with Gasteiger partial charge in [-0.15, -0.1) is 0 Å². The van der Waals surface area contributed by atoms with Crippen molar-refractivity contribution in [3.05, 3.63) is 65.7 Å². The predicted molar refractivity (Wildman–Crippen MR) is 88.1 cm³/mol. The minimum absolute atomic E-state index is 0.132. The largest absolute Gasteiger partial charge is 0.508 e. The number of aromatic hydroxyl groups is 1. The molecule has 0 aliphatic rings. The number of phenolic OH excluding ortho intramolecular Hbond substituents is 1. The molecule has 0 heterocycles. The molecule has 2 N–H and O–H groups in total. The van der Waals surface area contributed by atoms with E-state index in [4.69, 9.17) is 0 Å². The van der Waals surface area contributed by atoms with Crippen LogP contribution in [0.15, 0.2) is 59.7 Å². The lowest BCUT2D eigenvalue weighted by Crippen LogP contribution is -2.20. The lowest BCUT2D eigenvalue weighted by Gasteiger charge is -2.07. The first-order valence-electron chi connectivity index (χ1n) is 7.42. The second-order valence-corrected chi connectivity index (χ2v) is 5.02. The maximum absolute atomic E-state index is 12.1. The Morgan fingerprint density at radius 2 is 1.73 bits per heavy atom. The molecular weight excluding hydrogens is 276 g/mol. The van der Waals surface area contributed by atoms with E-state index < -0.39 is 0 Å². The number of amides is 1. The van der Waals surface area contributed by atoms with Crippen LogP contribution in [0.3, 0.4) is 0 Å². The molecule has 0 saturated heterocycles. The van der Waals surface area contributed by atoms with Gasteiger partial charge in [0, 0.05) is 5.56 Å². The molecule has 22 heavy (non-hydrogen) atoms. The van der Waals surface area contributed by atoms with Crippen LogP contribution in [-0.4, -0.2) is 16.7 Å². The third-order valence-electron chi connectivity index (χ3n) is 3.30. The molecule has 0 bridgehead atoms. The van der Waals surface area contributed by atoms with E-state index in [-0.39, 0.29) is 11.7 Å². The second-order valence-electron chi connectivity index (χ2n) is 5.02. The zero-order chi connectivity index (χ0) is 15.8. The number of phenols is 1. The fourth-order valence-electron chi connectivity index (χ4n) is 2.04. The summed E-state index contributed by atoms with van der Waals surface area (Å²) >= 11 is 0. The van der Waals surface area contributed by atoms with Gasteiger partial charge in [0.05, 0.1) is 5.71 Å². The minimum Gasteiger partial charge on any atom is -0.508 e. The average Bonchev–Trinajstić information content (AvgIpc) is 2.56. The maximum atomic E-state index is 12.1. The van der Waals surface area contributed by atoms with Crippen molar-refractivity contribution >= 4 is 11.6 Å². The van der Waals surface area contributed by atoms with Crippen molar-refractivity contribution in [3.63, 3.8) is 0 Å². The first-order chi connectivity index (χ1) is 10.7. The van der Waals surface area contributed by atoms with Gasteiger partial charge in [-0.1, -0.05) is 43.7 Å². The standard InChI is InChI=1S/C18H20N2O2/c1-2-3-9-17(14-7-5-4-6-8-14)19-20-18(22)15-10-12-16(21)13-11-15/h4-8,10-13,21H,2-3,9H2,1H3,(H,20,22)/b19-17+. The van der Waals surface area contributed by atoms with Crippen molar-refractivity contribution in [1.82, 2.24) is 5.43 Å². The molecule has 0 radical (unpaired) electrons. The summed E-state index contributed by atoms with van der Waals surface area (Å²) < 4.78 is 0.